The summed E-state index contributed by atoms with van der Waals surface area (Å²) in [5.74, 6) is -1.30. The third-order valence-corrected chi connectivity index (χ3v) is 6.08. The van der Waals surface area contributed by atoms with Gasteiger partial charge in [0.2, 0.25) is 10.0 Å². The van der Waals surface area contributed by atoms with Crippen molar-refractivity contribution in [3.8, 4) is 0 Å². The zero-order chi connectivity index (χ0) is 19.6. The van der Waals surface area contributed by atoms with Gasteiger partial charge in [-0.15, -0.1) is 0 Å². The lowest BCUT2D eigenvalue weighted by Crippen LogP contribution is -2.41. The van der Waals surface area contributed by atoms with Crippen molar-refractivity contribution in [3.05, 3.63) is 63.6 Å². The van der Waals surface area contributed by atoms with Gasteiger partial charge in [0, 0.05) is 11.6 Å². The molecule has 2 aromatic carbocycles. The van der Waals surface area contributed by atoms with Crippen LogP contribution in [-0.4, -0.2) is 26.3 Å². The van der Waals surface area contributed by atoms with Crippen LogP contribution in [0.2, 0.25) is 10.0 Å². The first kappa shape index (κ1) is 19.6. The number of hydrogen-bond donors (Lipinski definition) is 3. The Morgan fingerprint density at radius 2 is 1.56 bits per heavy atom. The Labute approximate surface area is 166 Å². The number of hydrazine groups is 1. The van der Waals surface area contributed by atoms with Crippen LogP contribution in [0.4, 0.5) is 0 Å². The Morgan fingerprint density at radius 3 is 2.19 bits per heavy atom. The van der Waals surface area contributed by atoms with Crippen molar-refractivity contribution in [2.45, 2.75) is 23.8 Å². The zero-order valence-corrected chi connectivity index (χ0v) is 16.2. The molecule has 1 aliphatic carbocycles. The van der Waals surface area contributed by atoms with Crippen molar-refractivity contribution in [2.75, 3.05) is 0 Å². The summed E-state index contributed by atoms with van der Waals surface area (Å²) < 4.78 is 27.3. The molecular formula is C17H15Cl2N3O4S. The number of rotatable bonds is 5. The maximum atomic E-state index is 12.4. The number of carbonyl (C=O) groups excluding carboxylic acids is 2. The molecule has 10 heteroatoms. The molecule has 2 aromatic rings. The highest BCUT2D eigenvalue weighted by molar-refractivity contribution is 7.89. The average Bonchev–Trinajstić information content (AvgIpc) is 3.43. The Morgan fingerprint density at radius 1 is 0.926 bits per heavy atom. The van der Waals surface area contributed by atoms with Gasteiger partial charge in [0.15, 0.2) is 0 Å². The molecule has 0 aliphatic heterocycles. The molecule has 142 valence electrons. The zero-order valence-electron chi connectivity index (χ0n) is 13.8. The number of amides is 2. The van der Waals surface area contributed by atoms with Gasteiger partial charge in [-0.2, -0.15) is 0 Å². The average molecular weight is 428 g/mol. The molecule has 1 aliphatic rings. The first-order valence-electron chi connectivity index (χ1n) is 7.95. The topological polar surface area (TPSA) is 104 Å². The van der Waals surface area contributed by atoms with Crippen LogP contribution in [0.1, 0.15) is 33.6 Å². The fourth-order valence-electron chi connectivity index (χ4n) is 2.24. The van der Waals surface area contributed by atoms with Gasteiger partial charge in [-0.25, -0.2) is 13.1 Å². The molecule has 1 saturated carbocycles. The Kier molecular flexibility index (Phi) is 5.71. The van der Waals surface area contributed by atoms with E-state index in [-0.39, 0.29) is 26.5 Å². The second kappa shape index (κ2) is 7.85. The minimum absolute atomic E-state index is 0.0446. The molecule has 0 radical (unpaired) electrons. The Hall–Kier alpha value is -2.13. The Bertz CT molecular complexity index is 993. The van der Waals surface area contributed by atoms with E-state index in [1.54, 1.807) is 30.3 Å². The first-order chi connectivity index (χ1) is 12.8. The molecule has 1 fully saturated rings. The van der Waals surface area contributed by atoms with Crippen LogP contribution in [0.5, 0.6) is 0 Å². The third-order valence-electron chi connectivity index (χ3n) is 3.78. The summed E-state index contributed by atoms with van der Waals surface area (Å²) in [5.41, 5.74) is 4.66. The van der Waals surface area contributed by atoms with Crippen molar-refractivity contribution in [2.24, 2.45) is 0 Å². The van der Waals surface area contributed by atoms with E-state index in [1.807, 2.05) is 0 Å². The van der Waals surface area contributed by atoms with Crippen LogP contribution in [0, 0.1) is 0 Å². The monoisotopic (exact) mass is 427 g/mol. The lowest BCUT2D eigenvalue weighted by molar-refractivity contribution is 0.0846. The van der Waals surface area contributed by atoms with Gasteiger partial charge in [-0.3, -0.25) is 20.4 Å². The summed E-state index contributed by atoms with van der Waals surface area (Å²) in [5, 5.41) is -0.144. The minimum Gasteiger partial charge on any atom is -0.267 e. The maximum absolute atomic E-state index is 12.4. The van der Waals surface area contributed by atoms with Gasteiger partial charge < -0.3 is 0 Å². The lowest BCUT2D eigenvalue weighted by atomic mass is 10.2. The summed E-state index contributed by atoms with van der Waals surface area (Å²) in [6.45, 7) is 0. The first-order valence-corrected chi connectivity index (χ1v) is 10.2. The normalized spacial score (nSPS) is 13.9. The summed E-state index contributed by atoms with van der Waals surface area (Å²) in [7, 11) is -3.88. The quantitative estimate of drug-likeness (QED) is 0.637. The molecule has 0 saturated heterocycles. The summed E-state index contributed by atoms with van der Waals surface area (Å²) in [6, 6.07) is 10.4. The van der Waals surface area contributed by atoms with Gasteiger partial charge in [0.05, 0.1) is 15.6 Å². The van der Waals surface area contributed by atoms with E-state index >= 15 is 0 Å². The van der Waals surface area contributed by atoms with Crippen LogP contribution in [0.15, 0.2) is 47.4 Å². The maximum Gasteiger partial charge on any atom is 0.271 e. The molecule has 3 rings (SSSR count). The summed E-state index contributed by atoms with van der Waals surface area (Å²) in [4.78, 5) is 24.1. The van der Waals surface area contributed by atoms with E-state index in [2.05, 4.69) is 15.6 Å². The van der Waals surface area contributed by atoms with Crippen LogP contribution in [-0.2, 0) is 10.0 Å². The fraction of sp³-hybridized carbons (Fsp3) is 0.176. The number of benzene rings is 2. The molecule has 27 heavy (non-hydrogen) atoms. The highest BCUT2D eigenvalue weighted by Gasteiger charge is 2.30. The fourth-order valence-corrected chi connectivity index (χ4v) is 4.40. The highest BCUT2D eigenvalue weighted by Crippen LogP contribution is 2.30. The lowest BCUT2D eigenvalue weighted by Gasteiger charge is -2.12. The SMILES string of the molecule is O=C(NNC(=O)c1cc(S(=O)(=O)NC2CC2)c(Cl)cc1Cl)c1ccccc1. The molecule has 0 heterocycles. The number of carbonyl (C=O) groups is 2. The van der Waals surface area contributed by atoms with Crippen LogP contribution in [0.3, 0.4) is 0 Å². The van der Waals surface area contributed by atoms with Gasteiger partial charge in [0.1, 0.15) is 4.90 Å². The molecule has 0 aromatic heterocycles. The van der Waals surface area contributed by atoms with E-state index < -0.39 is 21.8 Å². The van der Waals surface area contributed by atoms with Crippen molar-refractivity contribution < 1.29 is 18.0 Å². The van der Waals surface area contributed by atoms with Crippen molar-refractivity contribution >= 4 is 45.0 Å². The molecule has 7 nitrogen and oxygen atoms in total. The molecule has 0 unspecified atom stereocenters. The predicted octanol–water partition coefficient (Wildman–Crippen LogP) is 2.51. The van der Waals surface area contributed by atoms with E-state index in [1.165, 1.54) is 6.07 Å². The molecule has 0 atom stereocenters. The van der Waals surface area contributed by atoms with E-state index in [4.69, 9.17) is 23.2 Å². The summed E-state index contributed by atoms with van der Waals surface area (Å²) >= 11 is 12.0. The molecule has 3 N–H and O–H groups in total. The van der Waals surface area contributed by atoms with Gasteiger partial charge in [0.25, 0.3) is 11.8 Å². The molecule has 2 amide bonds. The number of hydrogen-bond acceptors (Lipinski definition) is 4. The summed E-state index contributed by atoms with van der Waals surface area (Å²) in [6.07, 6.45) is 1.51. The van der Waals surface area contributed by atoms with Crippen molar-refractivity contribution in [1.82, 2.24) is 15.6 Å². The highest BCUT2D eigenvalue weighted by atomic mass is 35.5. The van der Waals surface area contributed by atoms with E-state index in [0.717, 1.165) is 18.9 Å². The van der Waals surface area contributed by atoms with Crippen molar-refractivity contribution in [3.63, 3.8) is 0 Å². The molecular weight excluding hydrogens is 413 g/mol. The van der Waals surface area contributed by atoms with Gasteiger partial charge >= 0.3 is 0 Å². The van der Waals surface area contributed by atoms with Crippen LogP contribution < -0.4 is 15.6 Å². The Balaban J connectivity index is 1.78. The number of nitrogens with one attached hydrogen (secondary N) is 3. The largest absolute Gasteiger partial charge is 0.271 e. The van der Waals surface area contributed by atoms with Gasteiger partial charge in [-0.1, -0.05) is 41.4 Å². The van der Waals surface area contributed by atoms with Crippen molar-refractivity contribution in [1.29, 1.82) is 0 Å². The van der Waals surface area contributed by atoms with Crippen LogP contribution >= 0.6 is 23.2 Å². The molecule has 0 spiro atoms. The van der Waals surface area contributed by atoms with E-state index in [0.29, 0.717) is 5.56 Å². The second-order valence-corrected chi connectivity index (χ2v) is 8.43. The van der Waals surface area contributed by atoms with Crippen LogP contribution in [0.25, 0.3) is 0 Å². The minimum atomic E-state index is -3.88. The standard InChI is InChI=1S/C17H15Cl2N3O4S/c18-13-9-14(19)15(27(25,26)22-11-6-7-11)8-12(13)17(24)21-20-16(23)10-4-2-1-3-5-10/h1-5,8-9,11,22H,6-7H2,(H,20,23)(H,21,24). The third kappa shape index (κ3) is 4.78. The second-order valence-electron chi connectivity index (χ2n) is 5.93. The van der Waals surface area contributed by atoms with E-state index in [9.17, 15) is 18.0 Å². The predicted molar refractivity (Wildman–Crippen MR) is 101 cm³/mol. The number of halogens is 2. The number of sulfonamides is 1. The van der Waals surface area contributed by atoms with Gasteiger partial charge in [-0.05, 0) is 37.1 Å². The molecule has 0 bridgehead atoms. The smallest absolute Gasteiger partial charge is 0.267 e.